The van der Waals surface area contributed by atoms with Gasteiger partial charge in [-0.2, -0.15) is 0 Å². The van der Waals surface area contributed by atoms with Gasteiger partial charge in [0.15, 0.2) is 5.75 Å². The van der Waals surface area contributed by atoms with Crippen molar-refractivity contribution in [2.45, 2.75) is 13.1 Å². The van der Waals surface area contributed by atoms with E-state index in [9.17, 15) is 14.7 Å². The number of methoxy groups -OCH3 is 1. The Morgan fingerprint density at radius 2 is 1.82 bits per heavy atom. The monoisotopic (exact) mass is 609 g/mol. The van der Waals surface area contributed by atoms with Crippen LogP contribution >= 0.6 is 45.2 Å². The quantitative estimate of drug-likeness (QED) is 0.541. The Labute approximate surface area is 190 Å². The number of halogens is 2. The number of carbonyl (C=O) groups excluding carboxylic acids is 1. The molecule has 1 aliphatic rings. The lowest BCUT2D eigenvalue weighted by Crippen LogP contribution is -2.48. The predicted molar refractivity (Wildman–Crippen MR) is 123 cm³/mol. The summed E-state index contributed by atoms with van der Waals surface area (Å²) in [5.74, 6) is -0.210. The topological polar surface area (TPSA) is 75.0 Å². The molecule has 1 amide bonds. The van der Waals surface area contributed by atoms with E-state index in [1.54, 1.807) is 17.2 Å². The minimum Gasteiger partial charge on any atom is -0.503 e. The van der Waals surface area contributed by atoms with Gasteiger partial charge in [-0.3, -0.25) is 9.69 Å². The van der Waals surface area contributed by atoms with Crippen LogP contribution in [-0.2, 0) is 17.8 Å². The van der Waals surface area contributed by atoms with E-state index < -0.39 is 0 Å². The maximum absolute atomic E-state index is 12.6. The lowest BCUT2D eigenvalue weighted by molar-refractivity contribution is 0.0885. The van der Waals surface area contributed by atoms with Gasteiger partial charge in [-0.15, -0.1) is 0 Å². The van der Waals surface area contributed by atoms with Gasteiger partial charge in [-0.25, -0.2) is 4.79 Å². The molecule has 0 spiro atoms. The second kappa shape index (κ2) is 9.44. The Hall–Kier alpha value is -1.34. The zero-order valence-electron chi connectivity index (χ0n) is 15.4. The Balaban J connectivity index is 1.69. The minimum atomic E-state index is -0.389. The maximum atomic E-state index is 12.6. The molecule has 0 aliphatic carbocycles. The summed E-state index contributed by atoms with van der Waals surface area (Å²) in [5.41, 5.74) is 1.25. The van der Waals surface area contributed by atoms with E-state index in [0.717, 1.165) is 12.7 Å². The summed E-state index contributed by atoms with van der Waals surface area (Å²) in [6.07, 6.45) is 1.41. The molecule has 2 heterocycles. The van der Waals surface area contributed by atoms with Gasteiger partial charge >= 0.3 is 6.09 Å². The fourth-order valence-corrected chi connectivity index (χ4v) is 4.92. The van der Waals surface area contributed by atoms with Crippen LogP contribution in [0.3, 0.4) is 0 Å². The van der Waals surface area contributed by atoms with Gasteiger partial charge in [0, 0.05) is 51.6 Å². The van der Waals surface area contributed by atoms with Crippen molar-refractivity contribution in [2.24, 2.45) is 0 Å². The molecule has 2 aromatic rings. The Morgan fingerprint density at radius 1 is 1.11 bits per heavy atom. The zero-order valence-corrected chi connectivity index (χ0v) is 19.7. The van der Waals surface area contributed by atoms with Crippen molar-refractivity contribution in [3.05, 3.63) is 59.1 Å². The second-order valence-electron chi connectivity index (χ2n) is 6.59. The van der Waals surface area contributed by atoms with Crippen LogP contribution in [0.15, 0.2) is 35.3 Å². The molecule has 3 rings (SSSR count). The van der Waals surface area contributed by atoms with Gasteiger partial charge < -0.3 is 19.3 Å². The number of hydrogen-bond acceptors (Lipinski definition) is 5. The molecule has 1 aromatic heterocycles. The number of amides is 1. The van der Waals surface area contributed by atoms with Gasteiger partial charge in [0.05, 0.1) is 13.7 Å². The number of benzene rings is 1. The van der Waals surface area contributed by atoms with Gasteiger partial charge in [0.2, 0.25) is 0 Å². The Morgan fingerprint density at radius 3 is 2.46 bits per heavy atom. The van der Waals surface area contributed by atoms with Crippen molar-refractivity contribution in [3.8, 4) is 5.75 Å². The molecule has 0 unspecified atom stereocenters. The molecule has 0 atom stereocenters. The lowest BCUT2D eigenvalue weighted by atomic mass is 10.2. The van der Waals surface area contributed by atoms with E-state index in [-0.39, 0.29) is 17.4 Å². The highest BCUT2D eigenvalue weighted by molar-refractivity contribution is 14.1. The second-order valence-corrected chi connectivity index (χ2v) is 9.00. The molecule has 1 aromatic carbocycles. The van der Waals surface area contributed by atoms with Gasteiger partial charge in [-0.05, 0) is 68.9 Å². The number of piperazine rings is 1. The molecule has 7 nitrogen and oxygen atoms in total. The van der Waals surface area contributed by atoms with Gasteiger partial charge in [0.25, 0.3) is 5.56 Å². The molecule has 1 N–H and O–H groups in total. The van der Waals surface area contributed by atoms with Crippen molar-refractivity contribution >= 4 is 51.3 Å². The van der Waals surface area contributed by atoms with E-state index in [2.05, 4.69) is 56.1 Å². The number of carbonyl (C=O) groups is 1. The van der Waals surface area contributed by atoms with E-state index in [0.29, 0.717) is 44.8 Å². The fourth-order valence-electron chi connectivity index (χ4n) is 3.14. The van der Waals surface area contributed by atoms with Crippen LogP contribution in [0.5, 0.6) is 5.75 Å². The normalized spacial score (nSPS) is 14.9. The predicted octanol–water partition coefficient (Wildman–Crippen LogP) is 2.70. The summed E-state index contributed by atoms with van der Waals surface area (Å²) in [5, 5.41) is 10.4. The van der Waals surface area contributed by atoms with Crippen LogP contribution in [0.1, 0.15) is 11.1 Å². The van der Waals surface area contributed by atoms with E-state index in [4.69, 9.17) is 4.74 Å². The molecule has 1 saturated heterocycles. The van der Waals surface area contributed by atoms with E-state index >= 15 is 0 Å². The number of ether oxygens (including phenoxy) is 1. The Kier molecular flexibility index (Phi) is 7.20. The first-order chi connectivity index (χ1) is 13.4. The molecule has 1 aliphatic heterocycles. The summed E-state index contributed by atoms with van der Waals surface area (Å²) in [6, 6.07) is 7.86. The summed E-state index contributed by atoms with van der Waals surface area (Å²) in [6.45, 7) is 3.35. The minimum absolute atomic E-state index is 0.210. The molecule has 0 radical (unpaired) electrons. The molecule has 0 bridgehead atoms. The summed E-state index contributed by atoms with van der Waals surface area (Å²) < 4.78 is 8.49. The van der Waals surface area contributed by atoms with Crippen LogP contribution in [-0.4, -0.2) is 58.9 Å². The largest absolute Gasteiger partial charge is 0.503 e. The highest BCUT2D eigenvalue weighted by Gasteiger charge is 2.22. The Bertz CT molecular complexity index is 924. The van der Waals surface area contributed by atoms with Crippen molar-refractivity contribution in [3.63, 3.8) is 0 Å². The SMILES string of the molecule is COC(=O)N1CCN(Cc2ccn(Cc3ccc(I)cc3I)c(=O)c2O)CC1. The van der Waals surface area contributed by atoms with Crippen LogP contribution in [0.4, 0.5) is 4.79 Å². The number of aromatic nitrogens is 1. The number of rotatable bonds is 4. The smallest absolute Gasteiger partial charge is 0.409 e. The number of nitrogens with zero attached hydrogens (tertiary/aromatic N) is 3. The average Bonchev–Trinajstić information content (AvgIpc) is 2.69. The summed E-state index contributed by atoms with van der Waals surface area (Å²) >= 11 is 4.51. The number of aromatic hydroxyl groups is 1. The van der Waals surface area contributed by atoms with Crippen molar-refractivity contribution in [2.75, 3.05) is 33.3 Å². The standard InChI is InChI=1S/C19H21I2N3O4/c1-28-19(27)23-8-6-22(7-9-23)11-14-4-5-24(18(26)17(14)25)12-13-2-3-15(20)10-16(13)21/h2-5,10,25H,6-9,11-12H2,1H3. The summed E-state index contributed by atoms with van der Waals surface area (Å²) in [7, 11) is 1.37. The van der Waals surface area contributed by atoms with E-state index in [1.807, 2.05) is 12.1 Å². The first-order valence-corrected chi connectivity index (χ1v) is 10.9. The third kappa shape index (κ3) is 4.98. The third-order valence-corrected chi connectivity index (χ3v) is 6.45. The van der Waals surface area contributed by atoms with E-state index in [1.165, 1.54) is 11.7 Å². The van der Waals surface area contributed by atoms with Crippen molar-refractivity contribution in [1.29, 1.82) is 0 Å². The molecule has 28 heavy (non-hydrogen) atoms. The average molecular weight is 609 g/mol. The van der Waals surface area contributed by atoms with Gasteiger partial charge in [0.1, 0.15) is 0 Å². The van der Waals surface area contributed by atoms with Crippen LogP contribution < -0.4 is 5.56 Å². The number of hydrogen-bond donors (Lipinski definition) is 1. The summed E-state index contributed by atoms with van der Waals surface area (Å²) in [4.78, 5) is 27.9. The van der Waals surface area contributed by atoms with Crippen molar-refractivity contribution in [1.82, 2.24) is 14.4 Å². The van der Waals surface area contributed by atoms with Crippen LogP contribution in [0.2, 0.25) is 0 Å². The van der Waals surface area contributed by atoms with Crippen LogP contribution in [0.25, 0.3) is 0 Å². The first kappa shape index (κ1) is 21.4. The molecule has 150 valence electrons. The third-order valence-electron chi connectivity index (χ3n) is 4.78. The zero-order chi connectivity index (χ0) is 20.3. The first-order valence-electron chi connectivity index (χ1n) is 8.79. The molecular formula is C19H21I2N3O4. The molecule has 0 saturated carbocycles. The highest BCUT2D eigenvalue weighted by Crippen LogP contribution is 2.19. The van der Waals surface area contributed by atoms with Crippen molar-refractivity contribution < 1.29 is 14.6 Å². The molecule has 1 fully saturated rings. The molecular weight excluding hydrogens is 588 g/mol. The number of pyridine rings is 1. The maximum Gasteiger partial charge on any atom is 0.409 e. The highest BCUT2D eigenvalue weighted by atomic mass is 127. The fraction of sp³-hybridized carbons (Fsp3) is 0.368. The van der Waals surface area contributed by atoms with Gasteiger partial charge in [-0.1, -0.05) is 6.07 Å². The van der Waals surface area contributed by atoms with Crippen LogP contribution in [0, 0.1) is 7.14 Å². The molecule has 9 heteroatoms. The lowest BCUT2D eigenvalue weighted by Gasteiger charge is -2.33.